The van der Waals surface area contributed by atoms with Crippen molar-refractivity contribution < 1.29 is 33.2 Å². The van der Waals surface area contributed by atoms with Gasteiger partial charge in [-0.1, -0.05) is 46.2 Å². The molecule has 37 heavy (non-hydrogen) atoms. The highest BCUT2D eigenvalue weighted by atomic mass is 16.7. The molecule has 0 radical (unpaired) electrons. The second kappa shape index (κ2) is 9.82. The van der Waals surface area contributed by atoms with E-state index < -0.39 is 5.79 Å². The zero-order valence-electron chi connectivity index (χ0n) is 22.8. The van der Waals surface area contributed by atoms with E-state index in [0.717, 1.165) is 30.6 Å². The lowest BCUT2D eigenvalue weighted by atomic mass is 9.59. The fourth-order valence-electron chi connectivity index (χ4n) is 8.00. The number of ether oxygens (including phenoxy) is 6. The number of esters is 1. The molecule has 4 heterocycles. The highest BCUT2D eigenvalue weighted by Crippen LogP contribution is 2.58. The summed E-state index contributed by atoms with van der Waals surface area (Å²) in [5.41, 5.74) is 1.09. The van der Waals surface area contributed by atoms with Crippen molar-refractivity contribution >= 4 is 5.97 Å². The second-order valence-electron chi connectivity index (χ2n) is 12.2. The zero-order chi connectivity index (χ0) is 25.9. The number of carbonyl (C=O) groups is 1. The summed E-state index contributed by atoms with van der Waals surface area (Å²) in [6, 6.07) is 7.97. The lowest BCUT2D eigenvalue weighted by Crippen LogP contribution is -2.71. The molecule has 0 spiro atoms. The van der Waals surface area contributed by atoms with E-state index in [1.165, 1.54) is 0 Å². The van der Waals surface area contributed by atoms with Crippen LogP contribution >= 0.6 is 0 Å². The SMILES string of the molecule is CC[C@H](C)[C@@H]1C[C@H]2O[C@H]3C(C)C4C5CC(=O)OC4(C[C@H](C)[C@@H]5OCc4ccc(OC)cc4)O[C@H]3C[C@H]2O1. The minimum Gasteiger partial charge on any atom is -0.497 e. The van der Waals surface area contributed by atoms with Crippen molar-refractivity contribution in [1.82, 2.24) is 0 Å². The van der Waals surface area contributed by atoms with Gasteiger partial charge in [0.15, 0.2) is 0 Å². The summed E-state index contributed by atoms with van der Waals surface area (Å²) < 4.78 is 38.0. The lowest BCUT2D eigenvalue weighted by molar-refractivity contribution is -0.388. The molecule has 1 saturated carbocycles. The fourth-order valence-corrected chi connectivity index (χ4v) is 8.00. The zero-order valence-corrected chi connectivity index (χ0v) is 22.8. The third-order valence-electron chi connectivity index (χ3n) is 9.95. The van der Waals surface area contributed by atoms with E-state index in [0.29, 0.717) is 25.4 Å². The Morgan fingerprint density at radius 3 is 2.57 bits per heavy atom. The number of benzene rings is 1. The van der Waals surface area contributed by atoms with Gasteiger partial charge < -0.3 is 28.4 Å². The first kappa shape index (κ1) is 25.6. The van der Waals surface area contributed by atoms with E-state index in [2.05, 4.69) is 27.7 Å². The predicted molar refractivity (Wildman–Crippen MR) is 136 cm³/mol. The standard InChI is InChI=1S/C30H42O7/c1-6-16(2)22-12-24-23(34-22)13-25-29(35-24)18(4)27-21-11-26(31)37-30(27,36-25)14-17(3)28(21)33-15-19-7-9-20(32-5)10-8-19/h7-10,16-18,21-25,27-29H,6,11-15H2,1-5H3/t16-,17-,18?,21?,22-,23+,24+,25-,27?,28-,29-,30?/m0/s1. The van der Waals surface area contributed by atoms with Gasteiger partial charge in [0, 0.05) is 31.1 Å². The van der Waals surface area contributed by atoms with Gasteiger partial charge in [-0.05, 0) is 35.4 Å². The lowest BCUT2D eigenvalue weighted by Gasteiger charge is -2.62. The molecule has 0 amide bonds. The van der Waals surface area contributed by atoms with E-state index in [4.69, 9.17) is 28.4 Å². The first-order chi connectivity index (χ1) is 17.8. The summed E-state index contributed by atoms with van der Waals surface area (Å²) in [4.78, 5) is 12.9. The maximum Gasteiger partial charge on any atom is 0.308 e. The molecule has 5 fully saturated rings. The predicted octanol–water partition coefficient (Wildman–Crippen LogP) is 4.89. The maximum atomic E-state index is 12.9. The molecule has 2 bridgehead atoms. The second-order valence-corrected chi connectivity index (χ2v) is 12.2. The molecule has 12 atom stereocenters. The first-order valence-electron chi connectivity index (χ1n) is 14.3. The number of hydrogen-bond acceptors (Lipinski definition) is 7. The molecule has 204 valence electrons. The largest absolute Gasteiger partial charge is 0.497 e. The van der Waals surface area contributed by atoms with Crippen molar-refractivity contribution in [3.8, 4) is 5.75 Å². The Balaban J connectivity index is 1.22. The molecule has 7 nitrogen and oxygen atoms in total. The van der Waals surface area contributed by atoms with Gasteiger partial charge in [0.05, 0.1) is 56.8 Å². The van der Waals surface area contributed by atoms with E-state index in [9.17, 15) is 4.79 Å². The summed E-state index contributed by atoms with van der Waals surface area (Å²) in [7, 11) is 1.67. The molecule has 7 heteroatoms. The highest BCUT2D eigenvalue weighted by molar-refractivity contribution is 5.71. The minimum absolute atomic E-state index is 0.0198. The van der Waals surface area contributed by atoms with Gasteiger partial charge in [-0.2, -0.15) is 0 Å². The summed E-state index contributed by atoms with van der Waals surface area (Å²) >= 11 is 0. The molecular weight excluding hydrogens is 472 g/mol. The van der Waals surface area contributed by atoms with E-state index in [-0.39, 0.29) is 66.3 Å². The molecule has 4 aliphatic heterocycles. The van der Waals surface area contributed by atoms with Crippen molar-refractivity contribution in [2.75, 3.05) is 7.11 Å². The van der Waals surface area contributed by atoms with Crippen LogP contribution in [0.3, 0.4) is 0 Å². The normalized spacial score (nSPS) is 45.3. The van der Waals surface area contributed by atoms with Crippen LogP contribution in [0.15, 0.2) is 24.3 Å². The maximum absolute atomic E-state index is 12.9. The number of methoxy groups -OCH3 is 1. The van der Waals surface area contributed by atoms with Crippen LogP contribution in [0.4, 0.5) is 0 Å². The van der Waals surface area contributed by atoms with E-state index in [1.807, 2.05) is 24.3 Å². The Hall–Kier alpha value is -1.67. The Bertz CT molecular complexity index is 981. The number of fused-ring (bicyclic) bond motifs is 2. The minimum atomic E-state index is -0.898. The molecule has 0 N–H and O–H groups in total. The van der Waals surface area contributed by atoms with Gasteiger partial charge >= 0.3 is 5.97 Å². The van der Waals surface area contributed by atoms with Gasteiger partial charge in [0.2, 0.25) is 5.79 Å². The van der Waals surface area contributed by atoms with Crippen LogP contribution in [0, 0.1) is 29.6 Å². The van der Waals surface area contributed by atoms with Crippen molar-refractivity contribution in [3.05, 3.63) is 29.8 Å². The summed E-state index contributed by atoms with van der Waals surface area (Å²) in [6.07, 6.45) is 4.08. The molecule has 4 unspecified atom stereocenters. The molecule has 0 aromatic heterocycles. The van der Waals surface area contributed by atoms with Crippen molar-refractivity contribution in [3.63, 3.8) is 0 Å². The van der Waals surface area contributed by atoms with Gasteiger partial charge in [-0.25, -0.2) is 0 Å². The van der Waals surface area contributed by atoms with Crippen LogP contribution in [0.5, 0.6) is 5.75 Å². The Morgan fingerprint density at radius 2 is 1.84 bits per heavy atom. The molecule has 6 rings (SSSR count). The van der Waals surface area contributed by atoms with Crippen LogP contribution < -0.4 is 4.74 Å². The highest BCUT2D eigenvalue weighted by Gasteiger charge is 2.67. The molecule has 1 aromatic carbocycles. The smallest absolute Gasteiger partial charge is 0.308 e. The van der Waals surface area contributed by atoms with Crippen LogP contribution in [-0.4, -0.2) is 55.5 Å². The van der Waals surface area contributed by atoms with Gasteiger partial charge in [0.25, 0.3) is 0 Å². The van der Waals surface area contributed by atoms with Gasteiger partial charge in [-0.3, -0.25) is 4.79 Å². The Morgan fingerprint density at radius 1 is 1.08 bits per heavy atom. The summed E-state index contributed by atoms with van der Waals surface area (Å²) in [5.74, 6) is 0.744. The molecular formula is C30H42O7. The molecule has 1 aliphatic carbocycles. The fraction of sp³-hybridized carbons (Fsp3) is 0.767. The van der Waals surface area contributed by atoms with Crippen molar-refractivity contribution in [2.24, 2.45) is 29.6 Å². The molecule has 1 aromatic rings. The topological polar surface area (TPSA) is 72.5 Å². The number of rotatable bonds is 6. The number of carbonyl (C=O) groups excluding carboxylic acids is 1. The third-order valence-corrected chi connectivity index (χ3v) is 9.95. The van der Waals surface area contributed by atoms with E-state index in [1.54, 1.807) is 7.11 Å². The number of hydrogen-bond donors (Lipinski definition) is 0. The quantitative estimate of drug-likeness (QED) is 0.501. The van der Waals surface area contributed by atoms with Crippen molar-refractivity contribution in [2.45, 2.75) is 109 Å². The summed E-state index contributed by atoms with van der Waals surface area (Å²) in [6.45, 7) is 9.45. The van der Waals surface area contributed by atoms with Crippen LogP contribution in [0.2, 0.25) is 0 Å². The van der Waals surface area contributed by atoms with Gasteiger partial charge in [-0.15, -0.1) is 0 Å². The van der Waals surface area contributed by atoms with E-state index >= 15 is 0 Å². The molecule has 5 aliphatic rings. The van der Waals surface area contributed by atoms with Crippen LogP contribution in [0.1, 0.15) is 65.4 Å². The first-order valence-corrected chi connectivity index (χ1v) is 14.3. The average Bonchev–Trinajstić information content (AvgIpc) is 3.29. The van der Waals surface area contributed by atoms with Gasteiger partial charge in [0.1, 0.15) is 5.75 Å². The monoisotopic (exact) mass is 514 g/mol. The van der Waals surface area contributed by atoms with Crippen LogP contribution in [-0.2, 0) is 35.1 Å². The van der Waals surface area contributed by atoms with Crippen molar-refractivity contribution in [1.29, 1.82) is 0 Å². The average molecular weight is 515 g/mol. The Labute approximate surface area is 220 Å². The Kier molecular flexibility index (Phi) is 6.79. The molecule has 4 saturated heterocycles. The summed E-state index contributed by atoms with van der Waals surface area (Å²) in [5, 5.41) is 0. The third kappa shape index (κ3) is 4.40. The van der Waals surface area contributed by atoms with Crippen LogP contribution in [0.25, 0.3) is 0 Å².